The summed E-state index contributed by atoms with van der Waals surface area (Å²) >= 11 is 0. The first kappa shape index (κ1) is 20.7. The predicted octanol–water partition coefficient (Wildman–Crippen LogP) is 4.96. The summed E-state index contributed by atoms with van der Waals surface area (Å²) in [5.41, 5.74) is 3.09. The first-order valence-corrected chi connectivity index (χ1v) is 9.42. The van der Waals surface area contributed by atoms with Gasteiger partial charge in [0.05, 0.1) is 11.3 Å². The lowest BCUT2D eigenvalue weighted by atomic mass is 9.83. The molecule has 0 heterocycles. The molecule has 4 heteroatoms. The third kappa shape index (κ3) is 4.76. The maximum Gasteiger partial charge on any atom is 0.233 e. The Bertz CT molecular complexity index is 811. The average Bonchev–Trinajstić information content (AvgIpc) is 2.64. The topological polar surface area (TPSA) is 66.4 Å². The molecule has 0 fully saturated rings. The van der Waals surface area contributed by atoms with E-state index in [1.165, 1.54) is 5.57 Å². The van der Waals surface area contributed by atoms with Gasteiger partial charge < -0.3 is 10.4 Å². The van der Waals surface area contributed by atoms with Gasteiger partial charge in [0, 0.05) is 11.6 Å². The van der Waals surface area contributed by atoms with Crippen LogP contribution in [0.1, 0.15) is 59.1 Å². The fourth-order valence-corrected chi connectivity index (χ4v) is 3.27. The van der Waals surface area contributed by atoms with Crippen molar-refractivity contribution < 1.29 is 14.7 Å². The van der Waals surface area contributed by atoms with Gasteiger partial charge in [-0.05, 0) is 52.0 Å². The highest BCUT2D eigenvalue weighted by molar-refractivity contribution is 6.50. The van der Waals surface area contributed by atoms with Crippen molar-refractivity contribution in [3.63, 3.8) is 0 Å². The number of hydrogen-bond acceptors (Lipinski definition) is 4. The van der Waals surface area contributed by atoms with Gasteiger partial charge in [-0.2, -0.15) is 0 Å². The highest BCUT2D eigenvalue weighted by Crippen LogP contribution is 2.31. The van der Waals surface area contributed by atoms with E-state index >= 15 is 0 Å². The van der Waals surface area contributed by atoms with Gasteiger partial charge in [-0.15, -0.1) is 0 Å². The van der Waals surface area contributed by atoms with Gasteiger partial charge in [0.2, 0.25) is 11.6 Å². The number of Topliss-reactive ketones (excluding diaryl/α,β-unsaturated/α-hetero) is 2. The summed E-state index contributed by atoms with van der Waals surface area (Å²) in [7, 11) is 0. The number of nitrogens with one attached hydrogen (secondary N) is 1. The second-order valence-corrected chi connectivity index (χ2v) is 7.46. The zero-order chi connectivity index (χ0) is 20.1. The molecule has 0 amide bonds. The molecule has 4 nitrogen and oxygen atoms in total. The number of ketones is 2. The summed E-state index contributed by atoms with van der Waals surface area (Å²) in [5, 5.41) is 14.1. The summed E-state index contributed by atoms with van der Waals surface area (Å²) in [4.78, 5) is 25.0. The Balaban J connectivity index is 2.32. The number of hydrogen-bond donors (Lipinski definition) is 2. The fraction of sp³-hybridized carbons (Fsp3) is 0.391. The molecule has 1 aliphatic carbocycles. The van der Waals surface area contributed by atoms with Crippen LogP contribution in [0.4, 0.5) is 0 Å². The smallest absolute Gasteiger partial charge is 0.233 e. The Morgan fingerprint density at radius 2 is 1.74 bits per heavy atom. The van der Waals surface area contributed by atoms with Gasteiger partial charge in [-0.25, -0.2) is 0 Å². The van der Waals surface area contributed by atoms with Crippen LogP contribution in [-0.2, 0) is 9.59 Å². The summed E-state index contributed by atoms with van der Waals surface area (Å²) in [5.74, 6) is -1.43. The van der Waals surface area contributed by atoms with Crippen molar-refractivity contribution in [3.05, 3.63) is 70.1 Å². The van der Waals surface area contributed by atoms with E-state index in [0.29, 0.717) is 12.1 Å². The summed E-state index contributed by atoms with van der Waals surface area (Å²) in [6, 6.07) is 9.67. The molecule has 2 atom stereocenters. The number of benzene rings is 1. The van der Waals surface area contributed by atoms with Crippen molar-refractivity contribution in [3.8, 4) is 0 Å². The van der Waals surface area contributed by atoms with E-state index < -0.39 is 11.6 Å². The highest BCUT2D eigenvalue weighted by Gasteiger charge is 2.35. The van der Waals surface area contributed by atoms with Crippen LogP contribution in [-0.4, -0.2) is 16.7 Å². The van der Waals surface area contributed by atoms with Gasteiger partial charge in [-0.1, -0.05) is 48.9 Å². The molecule has 2 rings (SSSR count). The van der Waals surface area contributed by atoms with Crippen molar-refractivity contribution in [2.24, 2.45) is 5.92 Å². The van der Waals surface area contributed by atoms with Gasteiger partial charge in [0.15, 0.2) is 0 Å². The van der Waals surface area contributed by atoms with Gasteiger partial charge >= 0.3 is 0 Å². The van der Waals surface area contributed by atoms with Crippen LogP contribution >= 0.6 is 0 Å². The molecule has 27 heavy (non-hydrogen) atoms. The summed E-state index contributed by atoms with van der Waals surface area (Å²) in [6.45, 7) is 9.48. The average molecular weight is 367 g/mol. The first-order chi connectivity index (χ1) is 12.7. The largest absolute Gasteiger partial charge is 0.505 e. The Hall–Kier alpha value is -2.62. The zero-order valence-corrected chi connectivity index (χ0v) is 16.8. The molecule has 144 valence electrons. The minimum atomic E-state index is -0.590. The van der Waals surface area contributed by atoms with Crippen LogP contribution in [0.25, 0.3) is 0 Å². The van der Waals surface area contributed by atoms with E-state index in [9.17, 15) is 14.7 Å². The molecular weight excluding hydrogens is 338 g/mol. The predicted molar refractivity (Wildman–Crippen MR) is 108 cm³/mol. The second kappa shape index (κ2) is 8.85. The van der Waals surface area contributed by atoms with Crippen molar-refractivity contribution in [2.45, 2.75) is 53.5 Å². The van der Waals surface area contributed by atoms with Crippen molar-refractivity contribution >= 4 is 11.6 Å². The third-order valence-electron chi connectivity index (χ3n) is 4.96. The number of aliphatic hydroxyl groups excluding tert-OH is 1. The molecule has 1 aromatic carbocycles. The zero-order valence-electron chi connectivity index (χ0n) is 16.8. The van der Waals surface area contributed by atoms with E-state index in [-0.39, 0.29) is 28.9 Å². The molecule has 0 aromatic heterocycles. The van der Waals surface area contributed by atoms with Crippen LogP contribution in [0, 0.1) is 5.92 Å². The van der Waals surface area contributed by atoms with Gasteiger partial charge in [-0.3, -0.25) is 9.59 Å². The lowest BCUT2D eigenvalue weighted by Gasteiger charge is -2.26. The molecule has 1 aliphatic rings. The summed E-state index contributed by atoms with van der Waals surface area (Å²) < 4.78 is 0. The lowest BCUT2D eigenvalue weighted by molar-refractivity contribution is -0.132. The van der Waals surface area contributed by atoms with E-state index in [1.54, 1.807) is 6.92 Å². The molecule has 2 unspecified atom stereocenters. The molecule has 2 N–H and O–H groups in total. The number of carbonyl (C=O) groups is 2. The Labute approximate surface area is 161 Å². The Kier molecular flexibility index (Phi) is 6.78. The Morgan fingerprint density at radius 1 is 1.11 bits per heavy atom. The first-order valence-electron chi connectivity index (χ1n) is 9.42. The number of allylic oxidation sites excluding steroid dienone is 4. The van der Waals surface area contributed by atoms with Crippen molar-refractivity contribution in [1.29, 1.82) is 0 Å². The number of aliphatic hydroxyl groups is 1. The molecular formula is C23H29NO3. The lowest BCUT2D eigenvalue weighted by Crippen LogP contribution is -2.33. The SMILES string of the molecule is CC(C)=CCCC(C)C1=C(O)C(NC(C)c2ccccc2)=C(C)C(=O)C1=O. The fourth-order valence-electron chi connectivity index (χ4n) is 3.27. The number of rotatable bonds is 7. The van der Waals surface area contributed by atoms with Crippen LogP contribution in [0.5, 0.6) is 0 Å². The van der Waals surface area contributed by atoms with E-state index in [1.807, 2.05) is 58.0 Å². The normalized spacial score (nSPS) is 17.1. The number of carbonyl (C=O) groups excluding carboxylic acids is 2. The van der Waals surface area contributed by atoms with E-state index in [4.69, 9.17) is 0 Å². The van der Waals surface area contributed by atoms with E-state index in [2.05, 4.69) is 11.4 Å². The molecule has 0 saturated heterocycles. The van der Waals surface area contributed by atoms with Crippen LogP contribution in [0.15, 0.2) is 64.6 Å². The van der Waals surface area contributed by atoms with Gasteiger partial charge in [0.25, 0.3) is 0 Å². The quantitative estimate of drug-likeness (QED) is 0.406. The van der Waals surface area contributed by atoms with E-state index in [0.717, 1.165) is 12.0 Å². The van der Waals surface area contributed by atoms with Crippen molar-refractivity contribution in [1.82, 2.24) is 5.32 Å². The molecule has 0 spiro atoms. The second-order valence-electron chi connectivity index (χ2n) is 7.46. The van der Waals surface area contributed by atoms with Gasteiger partial charge in [0.1, 0.15) is 5.76 Å². The molecule has 1 aromatic rings. The van der Waals surface area contributed by atoms with Crippen molar-refractivity contribution in [2.75, 3.05) is 0 Å². The molecule has 0 aliphatic heterocycles. The standard InChI is InChI=1S/C23H29NO3/c1-14(2)10-9-11-15(3)19-22(26)20(16(4)21(25)23(19)27)24-17(5)18-12-7-6-8-13-18/h6-8,10,12-13,15,17,24,26H,9,11H2,1-5H3. The minimum Gasteiger partial charge on any atom is -0.505 e. The highest BCUT2D eigenvalue weighted by atomic mass is 16.3. The Morgan fingerprint density at radius 3 is 2.33 bits per heavy atom. The van der Waals surface area contributed by atoms with Crippen LogP contribution in [0.3, 0.4) is 0 Å². The van der Waals surface area contributed by atoms with Crippen LogP contribution in [0.2, 0.25) is 0 Å². The maximum atomic E-state index is 12.5. The molecule has 0 saturated carbocycles. The monoisotopic (exact) mass is 367 g/mol. The molecule has 0 radical (unpaired) electrons. The minimum absolute atomic E-state index is 0.0930. The maximum absolute atomic E-state index is 12.5. The summed E-state index contributed by atoms with van der Waals surface area (Å²) in [6.07, 6.45) is 3.60. The third-order valence-corrected chi connectivity index (χ3v) is 4.96. The van der Waals surface area contributed by atoms with Crippen LogP contribution < -0.4 is 5.32 Å². The molecule has 0 bridgehead atoms.